The van der Waals surface area contributed by atoms with Gasteiger partial charge < -0.3 is 0 Å². The zero-order chi connectivity index (χ0) is 13.9. The van der Waals surface area contributed by atoms with E-state index in [0.717, 1.165) is 22.8 Å². The molecule has 96 valence electrons. The van der Waals surface area contributed by atoms with E-state index in [1.807, 2.05) is 41.2 Å². The third-order valence-electron chi connectivity index (χ3n) is 3.11. The summed E-state index contributed by atoms with van der Waals surface area (Å²) in [5.74, 6) is 0. The predicted octanol–water partition coefficient (Wildman–Crippen LogP) is 2.77. The van der Waals surface area contributed by atoms with E-state index in [-0.39, 0.29) is 0 Å². The molecule has 20 heavy (non-hydrogen) atoms. The van der Waals surface area contributed by atoms with Crippen molar-refractivity contribution in [2.45, 2.75) is 6.54 Å². The lowest BCUT2D eigenvalue weighted by Gasteiger charge is -2.01. The molecule has 4 nitrogen and oxygen atoms in total. The Labute approximate surface area is 115 Å². The van der Waals surface area contributed by atoms with Gasteiger partial charge in [0.25, 0.3) is 0 Å². The fourth-order valence-corrected chi connectivity index (χ4v) is 2.18. The second-order valence-electron chi connectivity index (χ2n) is 4.57. The molecule has 0 bridgehead atoms. The summed E-state index contributed by atoms with van der Waals surface area (Å²) >= 11 is 0. The van der Waals surface area contributed by atoms with Crippen molar-refractivity contribution in [3.63, 3.8) is 0 Å². The first kappa shape index (κ1) is 12.1. The summed E-state index contributed by atoms with van der Waals surface area (Å²) in [4.78, 5) is 10.8. The SMILES string of the molecule is N#Cc1cccc(Cn2cc3cc(C=O)ccc3n2)c1. The van der Waals surface area contributed by atoms with Crippen LogP contribution < -0.4 is 0 Å². The normalized spacial score (nSPS) is 10.3. The van der Waals surface area contributed by atoms with E-state index in [4.69, 9.17) is 5.26 Å². The Kier molecular flexibility index (Phi) is 3.02. The van der Waals surface area contributed by atoms with Crippen LogP contribution in [0.25, 0.3) is 10.9 Å². The van der Waals surface area contributed by atoms with Gasteiger partial charge >= 0.3 is 0 Å². The van der Waals surface area contributed by atoms with Crippen molar-refractivity contribution in [2.24, 2.45) is 0 Å². The molecule has 0 N–H and O–H groups in total. The molecular formula is C16H11N3O. The van der Waals surface area contributed by atoms with Crippen LogP contribution in [0.1, 0.15) is 21.5 Å². The number of nitriles is 1. The number of hydrogen-bond donors (Lipinski definition) is 0. The maximum absolute atomic E-state index is 10.8. The van der Waals surface area contributed by atoms with Gasteiger partial charge in [0, 0.05) is 17.1 Å². The zero-order valence-electron chi connectivity index (χ0n) is 10.7. The Morgan fingerprint density at radius 3 is 2.95 bits per heavy atom. The molecule has 0 aliphatic rings. The number of fused-ring (bicyclic) bond motifs is 1. The predicted molar refractivity (Wildman–Crippen MR) is 75.4 cm³/mol. The Morgan fingerprint density at radius 2 is 2.15 bits per heavy atom. The van der Waals surface area contributed by atoms with E-state index in [1.165, 1.54) is 0 Å². The first-order valence-electron chi connectivity index (χ1n) is 6.20. The molecule has 1 aromatic heterocycles. The Bertz CT molecular complexity index is 827. The van der Waals surface area contributed by atoms with Crippen LogP contribution in [0, 0.1) is 11.3 Å². The lowest BCUT2D eigenvalue weighted by molar-refractivity contribution is 0.112. The van der Waals surface area contributed by atoms with Crippen LogP contribution >= 0.6 is 0 Å². The number of nitrogens with zero attached hydrogens (tertiary/aromatic N) is 3. The number of aldehydes is 1. The molecule has 3 aromatic rings. The first-order valence-corrected chi connectivity index (χ1v) is 6.20. The van der Waals surface area contributed by atoms with Crippen molar-refractivity contribution in [3.8, 4) is 6.07 Å². The van der Waals surface area contributed by atoms with E-state index in [9.17, 15) is 4.79 Å². The molecule has 0 unspecified atom stereocenters. The average molecular weight is 261 g/mol. The van der Waals surface area contributed by atoms with Crippen LogP contribution in [0.2, 0.25) is 0 Å². The molecule has 0 atom stereocenters. The van der Waals surface area contributed by atoms with Crippen LogP contribution in [0.3, 0.4) is 0 Å². The molecule has 0 radical (unpaired) electrons. The van der Waals surface area contributed by atoms with Crippen molar-refractivity contribution in [2.75, 3.05) is 0 Å². The van der Waals surface area contributed by atoms with Crippen molar-refractivity contribution >= 4 is 17.2 Å². The summed E-state index contributed by atoms with van der Waals surface area (Å²) in [6, 6.07) is 15.0. The van der Waals surface area contributed by atoms with Crippen molar-refractivity contribution in [1.82, 2.24) is 9.78 Å². The minimum Gasteiger partial charge on any atom is -0.298 e. The van der Waals surface area contributed by atoms with Gasteiger partial charge in [-0.3, -0.25) is 9.48 Å². The minimum atomic E-state index is 0.598. The van der Waals surface area contributed by atoms with Gasteiger partial charge in [0.1, 0.15) is 6.29 Å². The summed E-state index contributed by atoms with van der Waals surface area (Å²) in [6.07, 6.45) is 2.73. The summed E-state index contributed by atoms with van der Waals surface area (Å²) in [5, 5.41) is 14.3. The smallest absolute Gasteiger partial charge is 0.150 e. The highest BCUT2D eigenvalue weighted by atomic mass is 16.1. The molecule has 0 saturated heterocycles. The van der Waals surface area contributed by atoms with Crippen molar-refractivity contribution < 1.29 is 4.79 Å². The largest absolute Gasteiger partial charge is 0.298 e. The quantitative estimate of drug-likeness (QED) is 0.681. The molecule has 4 heteroatoms. The van der Waals surface area contributed by atoms with E-state index < -0.39 is 0 Å². The number of carbonyl (C=O) groups is 1. The monoisotopic (exact) mass is 261 g/mol. The van der Waals surface area contributed by atoms with Gasteiger partial charge in [-0.05, 0) is 35.9 Å². The van der Waals surface area contributed by atoms with Crippen LogP contribution in [-0.2, 0) is 6.54 Å². The van der Waals surface area contributed by atoms with Gasteiger partial charge in [-0.1, -0.05) is 12.1 Å². The lowest BCUT2D eigenvalue weighted by Crippen LogP contribution is -1.99. The van der Waals surface area contributed by atoms with Gasteiger partial charge in [-0.2, -0.15) is 10.4 Å². The van der Waals surface area contributed by atoms with E-state index in [2.05, 4.69) is 11.2 Å². The van der Waals surface area contributed by atoms with E-state index in [0.29, 0.717) is 17.7 Å². The highest BCUT2D eigenvalue weighted by Crippen LogP contribution is 2.15. The number of hydrogen-bond acceptors (Lipinski definition) is 3. The van der Waals surface area contributed by atoms with Gasteiger partial charge in [-0.25, -0.2) is 0 Å². The fourth-order valence-electron chi connectivity index (χ4n) is 2.18. The Hall–Kier alpha value is -2.93. The topological polar surface area (TPSA) is 58.7 Å². The highest BCUT2D eigenvalue weighted by Gasteiger charge is 2.03. The number of aromatic nitrogens is 2. The Morgan fingerprint density at radius 1 is 1.25 bits per heavy atom. The van der Waals surface area contributed by atoms with E-state index >= 15 is 0 Å². The maximum atomic E-state index is 10.8. The molecule has 3 rings (SSSR count). The fraction of sp³-hybridized carbons (Fsp3) is 0.0625. The molecule has 0 aliphatic heterocycles. The van der Waals surface area contributed by atoms with Crippen LogP contribution in [0.5, 0.6) is 0 Å². The third-order valence-corrected chi connectivity index (χ3v) is 3.11. The van der Waals surface area contributed by atoms with Gasteiger partial charge in [0.2, 0.25) is 0 Å². The van der Waals surface area contributed by atoms with E-state index in [1.54, 1.807) is 12.1 Å². The summed E-state index contributed by atoms with van der Waals surface area (Å²) in [5.41, 5.74) is 3.16. The van der Waals surface area contributed by atoms with Crippen LogP contribution in [0.15, 0.2) is 48.7 Å². The standard InChI is InChI=1S/C16H11N3O/c17-8-12-2-1-3-13(6-12)9-19-10-15-7-14(11-20)4-5-16(15)18-19/h1-7,10-11H,9H2. The highest BCUT2D eigenvalue weighted by molar-refractivity contribution is 5.86. The van der Waals surface area contributed by atoms with Gasteiger partial charge in [0.15, 0.2) is 0 Å². The first-order chi connectivity index (χ1) is 9.78. The molecule has 0 saturated carbocycles. The summed E-state index contributed by atoms with van der Waals surface area (Å²) in [6.45, 7) is 0.598. The van der Waals surface area contributed by atoms with Gasteiger partial charge in [0.05, 0.1) is 23.7 Å². The third kappa shape index (κ3) is 2.29. The Balaban J connectivity index is 1.94. The molecule has 0 spiro atoms. The van der Waals surface area contributed by atoms with Crippen LogP contribution in [-0.4, -0.2) is 16.1 Å². The van der Waals surface area contributed by atoms with Crippen molar-refractivity contribution in [3.05, 3.63) is 65.4 Å². The molecular weight excluding hydrogens is 250 g/mol. The number of benzene rings is 2. The number of rotatable bonds is 3. The van der Waals surface area contributed by atoms with Gasteiger partial charge in [-0.15, -0.1) is 0 Å². The second kappa shape index (κ2) is 4.98. The molecule has 1 heterocycles. The average Bonchev–Trinajstić information content (AvgIpc) is 2.88. The molecule has 0 aliphatic carbocycles. The van der Waals surface area contributed by atoms with Crippen LogP contribution in [0.4, 0.5) is 0 Å². The second-order valence-corrected chi connectivity index (χ2v) is 4.57. The molecule has 0 fully saturated rings. The maximum Gasteiger partial charge on any atom is 0.150 e. The summed E-state index contributed by atoms with van der Waals surface area (Å²) < 4.78 is 1.82. The molecule has 0 amide bonds. The minimum absolute atomic E-state index is 0.598. The lowest BCUT2D eigenvalue weighted by atomic mass is 10.1. The summed E-state index contributed by atoms with van der Waals surface area (Å²) in [7, 11) is 0. The number of carbonyl (C=O) groups excluding carboxylic acids is 1. The van der Waals surface area contributed by atoms with Crippen molar-refractivity contribution in [1.29, 1.82) is 5.26 Å². The zero-order valence-corrected chi connectivity index (χ0v) is 10.7. The molecule has 2 aromatic carbocycles.